The lowest BCUT2D eigenvalue weighted by molar-refractivity contribution is -0.127. The minimum atomic E-state index is -0.705. The molecular formula is C9H14O2. The van der Waals surface area contributed by atoms with Crippen LogP contribution in [0.5, 0.6) is 0 Å². The largest absolute Gasteiger partial charge is 0.389 e. The first kappa shape index (κ1) is 7.29. The van der Waals surface area contributed by atoms with E-state index in [9.17, 15) is 9.90 Å². The molecule has 2 rings (SSSR count). The molecule has 0 aromatic rings. The van der Waals surface area contributed by atoms with E-state index in [0.717, 1.165) is 6.42 Å². The number of carbonyl (C=O) groups is 1. The summed E-state index contributed by atoms with van der Waals surface area (Å²) in [5.74, 6) is 0.697. The molecule has 1 unspecified atom stereocenters. The van der Waals surface area contributed by atoms with Crippen molar-refractivity contribution < 1.29 is 9.90 Å². The Bertz CT molecular complexity index is 220. The molecule has 2 nitrogen and oxygen atoms in total. The predicted octanol–water partition coefficient (Wildman–Crippen LogP) is 1.13. The first-order valence-corrected chi connectivity index (χ1v) is 4.26. The lowest BCUT2D eigenvalue weighted by Gasteiger charge is -2.24. The van der Waals surface area contributed by atoms with Crippen LogP contribution in [0.4, 0.5) is 0 Å². The fourth-order valence-electron chi connectivity index (χ4n) is 2.67. The topological polar surface area (TPSA) is 37.3 Å². The summed E-state index contributed by atoms with van der Waals surface area (Å²) in [6.45, 7) is 3.86. The Morgan fingerprint density at radius 3 is 2.36 bits per heavy atom. The van der Waals surface area contributed by atoms with Crippen molar-refractivity contribution >= 4 is 5.78 Å². The second-order valence-electron chi connectivity index (χ2n) is 4.27. The van der Waals surface area contributed by atoms with Crippen molar-refractivity contribution in [3.8, 4) is 0 Å². The van der Waals surface area contributed by atoms with E-state index in [-0.39, 0.29) is 11.2 Å². The van der Waals surface area contributed by atoms with E-state index in [2.05, 4.69) is 6.92 Å². The van der Waals surface area contributed by atoms with Crippen LogP contribution < -0.4 is 0 Å². The van der Waals surface area contributed by atoms with Gasteiger partial charge >= 0.3 is 0 Å². The number of ketones is 1. The first-order chi connectivity index (χ1) is 5.01. The number of hydrogen-bond donors (Lipinski definition) is 1. The summed E-state index contributed by atoms with van der Waals surface area (Å²) >= 11 is 0. The summed E-state index contributed by atoms with van der Waals surface area (Å²) < 4.78 is 0. The summed E-state index contributed by atoms with van der Waals surface area (Å²) in [7, 11) is 0. The van der Waals surface area contributed by atoms with E-state index in [1.165, 1.54) is 0 Å². The molecule has 0 heterocycles. The third-order valence-electron chi connectivity index (χ3n) is 3.61. The van der Waals surface area contributed by atoms with Crippen LogP contribution in [-0.2, 0) is 4.79 Å². The molecule has 3 atom stereocenters. The van der Waals surface area contributed by atoms with Crippen LogP contribution >= 0.6 is 0 Å². The second-order valence-corrected chi connectivity index (χ2v) is 4.27. The maximum Gasteiger partial charge on any atom is 0.142 e. The zero-order valence-corrected chi connectivity index (χ0v) is 7.05. The summed E-state index contributed by atoms with van der Waals surface area (Å²) in [6.07, 6.45) is 2.15. The van der Waals surface area contributed by atoms with Crippen molar-refractivity contribution in [2.24, 2.45) is 11.3 Å². The standard InChI is InChI=1S/C9H14O2/c1-6-5-9(6)7(10)3-4-8(9,2)11/h6,11H,3-5H2,1-2H3/t6?,8-,9-/m1/s1. The molecule has 2 heteroatoms. The van der Waals surface area contributed by atoms with Gasteiger partial charge < -0.3 is 5.11 Å². The number of hydrogen-bond acceptors (Lipinski definition) is 2. The molecule has 0 aromatic carbocycles. The van der Waals surface area contributed by atoms with Crippen LogP contribution in [0.1, 0.15) is 33.1 Å². The van der Waals surface area contributed by atoms with E-state index in [4.69, 9.17) is 0 Å². The Kier molecular flexibility index (Phi) is 1.12. The average molecular weight is 154 g/mol. The monoisotopic (exact) mass is 154 g/mol. The second kappa shape index (κ2) is 1.69. The maximum absolute atomic E-state index is 11.4. The number of Topliss-reactive ketones (excluding diaryl/α,β-unsaturated/α-hetero) is 1. The Balaban J connectivity index is 2.36. The van der Waals surface area contributed by atoms with Gasteiger partial charge in [0, 0.05) is 6.42 Å². The van der Waals surface area contributed by atoms with Gasteiger partial charge in [0.05, 0.1) is 11.0 Å². The highest BCUT2D eigenvalue weighted by Crippen LogP contribution is 2.65. The first-order valence-electron chi connectivity index (χ1n) is 4.26. The third-order valence-corrected chi connectivity index (χ3v) is 3.61. The van der Waals surface area contributed by atoms with Crippen LogP contribution in [0.3, 0.4) is 0 Å². The zero-order chi connectivity index (χ0) is 8.28. The third kappa shape index (κ3) is 0.639. The molecule has 0 amide bonds. The summed E-state index contributed by atoms with van der Waals surface area (Å²) in [5.41, 5.74) is -1.03. The van der Waals surface area contributed by atoms with Gasteiger partial charge in [0.2, 0.25) is 0 Å². The van der Waals surface area contributed by atoms with Crippen molar-refractivity contribution in [1.29, 1.82) is 0 Å². The van der Waals surface area contributed by atoms with Gasteiger partial charge in [0.1, 0.15) is 5.78 Å². The van der Waals surface area contributed by atoms with Gasteiger partial charge in [-0.1, -0.05) is 6.92 Å². The minimum absolute atomic E-state index is 0.287. The smallest absolute Gasteiger partial charge is 0.142 e. The molecule has 2 saturated carbocycles. The molecule has 0 aliphatic heterocycles. The highest BCUT2D eigenvalue weighted by atomic mass is 16.3. The maximum atomic E-state index is 11.4. The van der Waals surface area contributed by atoms with E-state index in [1.54, 1.807) is 6.92 Å². The summed E-state index contributed by atoms with van der Waals surface area (Å²) in [4.78, 5) is 11.4. The highest BCUT2D eigenvalue weighted by Gasteiger charge is 2.69. The van der Waals surface area contributed by atoms with E-state index >= 15 is 0 Å². The van der Waals surface area contributed by atoms with Crippen molar-refractivity contribution in [3.05, 3.63) is 0 Å². The molecule has 0 bridgehead atoms. The van der Waals surface area contributed by atoms with Crippen molar-refractivity contribution in [2.75, 3.05) is 0 Å². The quantitative estimate of drug-likeness (QED) is 0.568. The Morgan fingerprint density at radius 2 is 2.18 bits per heavy atom. The minimum Gasteiger partial charge on any atom is -0.389 e. The van der Waals surface area contributed by atoms with Crippen LogP contribution in [0.2, 0.25) is 0 Å². The molecule has 0 saturated heterocycles. The zero-order valence-electron chi connectivity index (χ0n) is 7.05. The molecule has 2 fully saturated rings. The predicted molar refractivity (Wildman–Crippen MR) is 41.1 cm³/mol. The summed E-state index contributed by atoms with van der Waals surface area (Å²) in [5, 5.41) is 9.90. The highest BCUT2D eigenvalue weighted by molar-refractivity contribution is 5.91. The van der Waals surface area contributed by atoms with E-state index in [1.807, 2.05) is 0 Å². The summed E-state index contributed by atoms with van der Waals surface area (Å²) in [6, 6.07) is 0. The lowest BCUT2D eigenvalue weighted by atomic mass is 9.87. The van der Waals surface area contributed by atoms with Gasteiger partial charge in [0.25, 0.3) is 0 Å². The van der Waals surface area contributed by atoms with Gasteiger partial charge in [-0.15, -0.1) is 0 Å². The van der Waals surface area contributed by atoms with E-state index < -0.39 is 5.60 Å². The average Bonchev–Trinajstić information content (AvgIpc) is 2.53. The fraction of sp³-hybridized carbons (Fsp3) is 0.889. The van der Waals surface area contributed by atoms with Crippen LogP contribution in [-0.4, -0.2) is 16.5 Å². The molecule has 1 N–H and O–H groups in total. The van der Waals surface area contributed by atoms with Crippen LogP contribution in [0, 0.1) is 11.3 Å². The van der Waals surface area contributed by atoms with Crippen molar-refractivity contribution in [2.45, 2.75) is 38.7 Å². The van der Waals surface area contributed by atoms with Crippen LogP contribution in [0.25, 0.3) is 0 Å². The van der Waals surface area contributed by atoms with Gasteiger partial charge in [-0.05, 0) is 25.7 Å². The van der Waals surface area contributed by atoms with Gasteiger partial charge in [-0.2, -0.15) is 0 Å². The molecule has 0 aromatic heterocycles. The van der Waals surface area contributed by atoms with Gasteiger partial charge in [-0.3, -0.25) is 4.79 Å². The SMILES string of the molecule is CC1C[C@]12C(=O)CC[C@@]2(C)O. The molecule has 1 spiro atoms. The van der Waals surface area contributed by atoms with Gasteiger partial charge in [0.15, 0.2) is 0 Å². The number of rotatable bonds is 0. The number of aliphatic hydroxyl groups is 1. The lowest BCUT2D eigenvalue weighted by Crippen LogP contribution is -2.35. The Morgan fingerprint density at radius 1 is 1.64 bits per heavy atom. The molecule has 62 valence electrons. The van der Waals surface area contributed by atoms with Crippen molar-refractivity contribution in [3.63, 3.8) is 0 Å². The van der Waals surface area contributed by atoms with Gasteiger partial charge in [-0.25, -0.2) is 0 Å². The molecular weight excluding hydrogens is 140 g/mol. The molecule has 2 aliphatic carbocycles. The number of carbonyl (C=O) groups excluding carboxylic acids is 1. The Labute approximate surface area is 66.6 Å². The molecule has 0 radical (unpaired) electrons. The van der Waals surface area contributed by atoms with Crippen LogP contribution in [0.15, 0.2) is 0 Å². The molecule has 11 heavy (non-hydrogen) atoms. The molecule has 2 aliphatic rings. The normalized spacial score (nSPS) is 55.5. The fourth-order valence-corrected chi connectivity index (χ4v) is 2.67. The van der Waals surface area contributed by atoms with Crippen molar-refractivity contribution in [1.82, 2.24) is 0 Å². The Hall–Kier alpha value is -0.370. The van der Waals surface area contributed by atoms with E-state index in [0.29, 0.717) is 18.8 Å².